The van der Waals surface area contributed by atoms with Gasteiger partial charge in [0.15, 0.2) is 0 Å². The van der Waals surface area contributed by atoms with Gasteiger partial charge < -0.3 is 11.1 Å². The number of hydrogen-bond acceptors (Lipinski definition) is 2. The largest absolute Gasteiger partial charge is 0.353 e. The average molecular weight is 244 g/mol. The zero-order valence-electron chi connectivity index (χ0n) is 10.6. The fourth-order valence-corrected chi connectivity index (χ4v) is 1.82. The Balaban J connectivity index is 2.31. The van der Waals surface area contributed by atoms with Gasteiger partial charge in [0.05, 0.1) is 5.69 Å². The molecule has 0 aliphatic rings. The van der Waals surface area contributed by atoms with Gasteiger partial charge in [0, 0.05) is 12.2 Å². The molecule has 2 nitrogen and oxygen atoms in total. The molecule has 0 aliphatic heterocycles. The zero-order chi connectivity index (χ0) is 13.1. The number of hydrogen-bond donors (Lipinski definition) is 2. The molecule has 0 heterocycles. The highest BCUT2D eigenvalue weighted by Gasteiger charge is 2.06. The lowest BCUT2D eigenvalue weighted by atomic mass is 10.1. The van der Waals surface area contributed by atoms with Gasteiger partial charge in [0.25, 0.3) is 0 Å². The number of benzene rings is 2. The van der Waals surface area contributed by atoms with Gasteiger partial charge in [-0.25, -0.2) is 4.39 Å². The summed E-state index contributed by atoms with van der Waals surface area (Å²) in [5.41, 5.74) is 9.97. The van der Waals surface area contributed by atoms with E-state index in [9.17, 15) is 4.39 Å². The Morgan fingerprint density at radius 2 is 1.89 bits per heavy atom. The molecule has 0 radical (unpaired) electrons. The van der Waals surface area contributed by atoms with Gasteiger partial charge in [-0.15, -0.1) is 0 Å². The van der Waals surface area contributed by atoms with E-state index in [0.717, 1.165) is 16.8 Å². The lowest BCUT2D eigenvalue weighted by Crippen LogP contribution is -2.00. The van der Waals surface area contributed by atoms with Gasteiger partial charge in [-0.2, -0.15) is 0 Å². The molecular weight excluding hydrogens is 227 g/mol. The molecule has 0 bridgehead atoms. The quantitative estimate of drug-likeness (QED) is 0.865. The number of nitrogens with two attached hydrogens (primary N) is 1. The van der Waals surface area contributed by atoms with E-state index >= 15 is 0 Å². The first kappa shape index (κ1) is 12.6. The van der Waals surface area contributed by atoms with Gasteiger partial charge in [-0.3, -0.25) is 0 Å². The minimum absolute atomic E-state index is 0.279. The van der Waals surface area contributed by atoms with Gasteiger partial charge in [0.1, 0.15) is 5.82 Å². The van der Waals surface area contributed by atoms with Crippen LogP contribution < -0.4 is 11.1 Å². The number of aryl methyl sites for hydroxylation is 1. The predicted molar refractivity (Wildman–Crippen MR) is 73.5 cm³/mol. The second-order valence-corrected chi connectivity index (χ2v) is 4.39. The van der Waals surface area contributed by atoms with Gasteiger partial charge in [0.2, 0.25) is 0 Å². The van der Waals surface area contributed by atoms with E-state index in [1.807, 2.05) is 38.1 Å². The summed E-state index contributed by atoms with van der Waals surface area (Å²) in [6.07, 6.45) is 0. The van der Waals surface area contributed by atoms with Crippen molar-refractivity contribution in [2.75, 3.05) is 5.32 Å². The standard InChI is InChI=1S/C15H17FN2/c1-10-4-3-5-14(11(10)2)18-15-7-6-12(9-17)8-13(15)16/h3-8,18H,9,17H2,1-2H3. The Labute approximate surface area is 107 Å². The first-order chi connectivity index (χ1) is 8.61. The summed E-state index contributed by atoms with van der Waals surface area (Å²) in [6.45, 7) is 4.40. The molecule has 2 rings (SSSR count). The van der Waals surface area contributed by atoms with Crippen LogP contribution in [0.5, 0.6) is 0 Å². The summed E-state index contributed by atoms with van der Waals surface area (Å²) in [7, 11) is 0. The van der Waals surface area contributed by atoms with Crippen molar-refractivity contribution >= 4 is 11.4 Å². The van der Waals surface area contributed by atoms with E-state index in [1.165, 1.54) is 11.6 Å². The number of anilines is 2. The molecule has 0 saturated carbocycles. The van der Waals surface area contributed by atoms with Crippen LogP contribution in [0.25, 0.3) is 0 Å². The highest BCUT2D eigenvalue weighted by Crippen LogP contribution is 2.25. The molecule has 0 atom stereocenters. The van der Waals surface area contributed by atoms with Gasteiger partial charge >= 0.3 is 0 Å². The summed E-state index contributed by atoms with van der Waals surface area (Å²) in [4.78, 5) is 0. The van der Waals surface area contributed by atoms with Crippen LogP contribution >= 0.6 is 0 Å². The van der Waals surface area contributed by atoms with Crippen LogP contribution in [0.3, 0.4) is 0 Å². The maximum atomic E-state index is 13.8. The Hall–Kier alpha value is -1.87. The molecule has 0 aliphatic carbocycles. The lowest BCUT2D eigenvalue weighted by Gasteiger charge is -2.12. The van der Waals surface area contributed by atoms with E-state index in [1.54, 1.807) is 6.07 Å². The molecule has 0 saturated heterocycles. The van der Waals surface area contributed by atoms with Crippen LogP contribution in [0, 0.1) is 19.7 Å². The third-order valence-electron chi connectivity index (χ3n) is 3.14. The van der Waals surface area contributed by atoms with Crippen molar-refractivity contribution in [3.8, 4) is 0 Å². The van der Waals surface area contributed by atoms with E-state index in [-0.39, 0.29) is 5.82 Å². The molecule has 18 heavy (non-hydrogen) atoms. The zero-order valence-corrected chi connectivity index (χ0v) is 10.6. The van der Waals surface area contributed by atoms with Crippen molar-refractivity contribution in [1.29, 1.82) is 0 Å². The van der Waals surface area contributed by atoms with Crippen molar-refractivity contribution in [2.24, 2.45) is 5.73 Å². The van der Waals surface area contributed by atoms with Crippen LogP contribution in [0.1, 0.15) is 16.7 Å². The third kappa shape index (κ3) is 2.51. The number of nitrogens with one attached hydrogen (secondary N) is 1. The van der Waals surface area contributed by atoms with Crippen molar-refractivity contribution in [2.45, 2.75) is 20.4 Å². The fourth-order valence-electron chi connectivity index (χ4n) is 1.82. The normalized spacial score (nSPS) is 10.4. The Morgan fingerprint density at radius 1 is 1.11 bits per heavy atom. The molecule has 3 N–H and O–H groups in total. The smallest absolute Gasteiger partial charge is 0.146 e. The first-order valence-electron chi connectivity index (χ1n) is 5.93. The summed E-state index contributed by atoms with van der Waals surface area (Å²) in [5, 5.41) is 3.12. The predicted octanol–water partition coefficient (Wildman–Crippen LogP) is 3.64. The van der Waals surface area contributed by atoms with Crippen LogP contribution in [-0.4, -0.2) is 0 Å². The lowest BCUT2D eigenvalue weighted by molar-refractivity contribution is 0.629. The fraction of sp³-hybridized carbons (Fsp3) is 0.200. The van der Waals surface area contributed by atoms with Crippen LogP contribution in [0.15, 0.2) is 36.4 Å². The topological polar surface area (TPSA) is 38.0 Å². The summed E-state index contributed by atoms with van der Waals surface area (Å²) >= 11 is 0. The molecule has 0 unspecified atom stereocenters. The van der Waals surface area contributed by atoms with Crippen LogP contribution in [0.4, 0.5) is 15.8 Å². The van der Waals surface area contributed by atoms with Crippen molar-refractivity contribution in [3.05, 3.63) is 58.9 Å². The van der Waals surface area contributed by atoms with E-state index < -0.39 is 0 Å². The van der Waals surface area contributed by atoms with E-state index in [2.05, 4.69) is 5.32 Å². The molecule has 3 heteroatoms. The minimum atomic E-state index is -0.279. The van der Waals surface area contributed by atoms with Crippen LogP contribution in [-0.2, 0) is 6.54 Å². The second kappa shape index (κ2) is 5.19. The molecule has 94 valence electrons. The first-order valence-corrected chi connectivity index (χ1v) is 5.93. The minimum Gasteiger partial charge on any atom is -0.353 e. The Kier molecular flexibility index (Phi) is 3.63. The molecular formula is C15H17FN2. The third-order valence-corrected chi connectivity index (χ3v) is 3.14. The second-order valence-electron chi connectivity index (χ2n) is 4.39. The maximum Gasteiger partial charge on any atom is 0.146 e. The van der Waals surface area contributed by atoms with Crippen molar-refractivity contribution in [1.82, 2.24) is 0 Å². The van der Waals surface area contributed by atoms with E-state index in [4.69, 9.17) is 5.73 Å². The van der Waals surface area contributed by atoms with Crippen LogP contribution in [0.2, 0.25) is 0 Å². The van der Waals surface area contributed by atoms with E-state index in [0.29, 0.717) is 12.2 Å². The maximum absolute atomic E-state index is 13.8. The highest BCUT2D eigenvalue weighted by molar-refractivity contribution is 5.65. The summed E-state index contributed by atoms with van der Waals surface area (Å²) < 4.78 is 13.8. The molecule has 2 aromatic rings. The van der Waals surface area contributed by atoms with Crippen molar-refractivity contribution in [3.63, 3.8) is 0 Å². The molecule has 0 spiro atoms. The molecule has 0 amide bonds. The molecule has 0 aromatic heterocycles. The molecule has 0 fully saturated rings. The van der Waals surface area contributed by atoms with Gasteiger partial charge in [-0.05, 0) is 48.7 Å². The Morgan fingerprint density at radius 3 is 2.56 bits per heavy atom. The SMILES string of the molecule is Cc1cccc(Nc2ccc(CN)cc2F)c1C. The van der Waals surface area contributed by atoms with Crippen molar-refractivity contribution < 1.29 is 4.39 Å². The summed E-state index contributed by atoms with van der Waals surface area (Å²) in [6, 6.07) is 11.0. The Bertz CT molecular complexity index is 564. The number of rotatable bonds is 3. The monoisotopic (exact) mass is 244 g/mol. The van der Waals surface area contributed by atoms with Gasteiger partial charge in [-0.1, -0.05) is 18.2 Å². The summed E-state index contributed by atoms with van der Waals surface area (Å²) in [5.74, 6) is -0.279. The molecule has 2 aromatic carbocycles. The average Bonchev–Trinajstić information content (AvgIpc) is 2.37. The highest BCUT2D eigenvalue weighted by atomic mass is 19.1. The number of halogens is 1.